The van der Waals surface area contributed by atoms with Gasteiger partial charge in [0.15, 0.2) is 11.6 Å². The summed E-state index contributed by atoms with van der Waals surface area (Å²) in [6, 6.07) is 8.51. The van der Waals surface area contributed by atoms with Gasteiger partial charge in [0.25, 0.3) is 0 Å². The van der Waals surface area contributed by atoms with Crippen LogP contribution in [0, 0.1) is 23.5 Å². The molecule has 2 aliphatic rings. The number of esters is 1. The molecule has 1 heterocycles. The molecule has 160 valence electrons. The molecule has 0 saturated heterocycles. The summed E-state index contributed by atoms with van der Waals surface area (Å²) in [6.07, 6.45) is 7.60. The van der Waals surface area contributed by atoms with Gasteiger partial charge in [0.2, 0.25) is 0 Å². The zero-order valence-corrected chi connectivity index (χ0v) is 17.8. The number of fused-ring (bicyclic) bond motifs is 1. The maximum atomic E-state index is 15.2. The van der Waals surface area contributed by atoms with Gasteiger partial charge in [-0.2, -0.15) is 0 Å². The highest BCUT2D eigenvalue weighted by Crippen LogP contribution is 2.41. The van der Waals surface area contributed by atoms with Crippen LogP contribution in [0.2, 0.25) is 0 Å². The molecule has 0 N–H and O–H groups in total. The van der Waals surface area contributed by atoms with Crippen molar-refractivity contribution in [2.24, 2.45) is 11.8 Å². The van der Waals surface area contributed by atoms with Gasteiger partial charge in [0, 0.05) is 5.56 Å². The molecular formula is C26H30F2O2. The number of rotatable bonds is 5. The lowest BCUT2D eigenvalue weighted by Gasteiger charge is -2.28. The molecule has 30 heavy (non-hydrogen) atoms. The van der Waals surface area contributed by atoms with E-state index >= 15 is 4.39 Å². The van der Waals surface area contributed by atoms with Crippen LogP contribution in [0.1, 0.15) is 75.8 Å². The highest BCUT2D eigenvalue weighted by Gasteiger charge is 2.31. The van der Waals surface area contributed by atoms with Crippen molar-refractivity contribution in [1.82, 2.24) is 0 Å². The van der Waals surface area contributed by atoms with Crippen molar-refractivity contribution in [2.45, 2.75) is 71.1 Å². The number of carbonyl (C=O) groups excluding carboxylic acids is 1. The molecule has 2 nitrogen and oxygen atoms in total. The lowest BCUT2D eigenvalue weighted by Crippen LogP contribution is -2.28. The SMILES string of the molecule is CCCC1Cc2ccc(-c3ccc(C4CCC(CC)CC4)c(F)c3)c(F)c2OC1=O. The van der Waals surface area contributed by atoms with Crippen molar-refractivity contribution in [1.29, 1.82) is 0 Å². The van der Waals surface area contributed by atoms with Crippen LogP contribution in [-0.2, 0) is 11.2 Å². The molecule has 4 heteroatoms. The second-order valence-electron chi connectivity index (χ2n) is 8.89. The van der Waals surface area contributed by atoms with Gasteiger partial charge in [-0.25, -0.2) is 8.78 Å². The smallest absolute Gasteiger partial charge is 0.314 e. The van der Waals surface area contributed by atoms with Gasteiger partial charge in [-0.3, -0.25) is 4.79 Å². The third-order valence-electron chi connectivity index (χ3n) is 6.99. The second kappa shape index (κ2) is 8.87. The zero-order chi connectivity index (χ0) is 21.3. The number of carbonyl (C=O) groups is 1. The van der Waals surface area contributed by atoms with Crippen molar-refractivity contribution in [2.75, 3.05) is 0 Å². The van der Waals surface area contributed by atoms with E-state index in [1.165, 1.54) is 12.5 Å². The Bertz CT molecular complexity index is 929. The van der Waals surface area contributed by atoms with Crippen LogP contribution in [0.3, 0.4) is 0 Å². The first kappa shape index (κ1) is 21.0. The van der Waals surface area contributed by atoms with E-state index in [2.05, 4.69) is 6.92 Å². The van der Waals surface area contributed by atoms with Crippen molar-refractivity contribution in [3.8, 4) is 16.9 Å². The van der Waals surface area contributed by atoms with Gasteiger partial charge in [-0.1, -0.05) is 51.0 Å². The minimum Gasteiger partial charge on any atom is -0.423 e. The van der Waals surface area contributed by atoms with Gasteiger partial charge in [-0.15, -0.1) is 0 Å². The molecule has 1 aliphatic heterocycles. The highest BCUT2D eigenvalue weighted by molar-refractivity contribution is 5.79. The normalized spacial score (nSPS) is 23.7. The van der Waals surface area contributed by atoms with Gasteiger partial charge in [-0.05, 0) is 73.1 Å². The Morgan fingerprint density at radius 2 is 1.80 bits per heavy atom. The molecule has 0 radical (unpaired) electrons. The maximum absolute atomic E-state index is 15.2. The van der Waals surface area contributed by atoms with Crippen molar-refractivity contribution < 1.29 is 18.3 Å². The number of hydrogen-bond donors (Lipinski definition) is 0. The third kappa shape index (κ3) is 4.01. The summed E-state index contributed by atoms with van der Waals surface area (Å²) in [4.78, 5) is 12.2. The third-order valence-corrected chi connectivity index (χ3v) is 6.99. The number of benzene rings is 2. The van der Waals surface area contributed by atoms with E-state index in [0.717, 1.165) is 50.0 Å². The summed E-state index contributed by atoms with van der Waals surface area (Å²) in [5.74, 6) is -0.431. The molecule has 1 fully saturated rings. The Morgan fingerprint density at radius 1 is 1.03 bits per heavy atom. The summed E-state index contributed by atoms with van der Waals surface area (Å²) in [7, 11) is 0. The quantitative estimate of drug-likeness (QED) is 0.384. The highest BCUT2D eigenvalue weighted by atomic mass is 19.1. The van der Waals surface area contributed by atoms with E-state index in [-0.39, 0.29) is 34.9 Å². The van der Waals surface area contributed by atoms with Gasteiger partial charge in [0.1, 0.15) is 5.82 Å². The molecule has 4 rings (SSSR count). The Hall–Kier alpha value is -2.23. The molecule has 0 amide bonds. The molecular weight excluding hydrogens is 382 g/mol. The van der Waals surface area contributed by atoms with Gasteiger partial charge < -0.3 is 4.74 Å². The standard InChI is InChI=1S/C26H30F2O2/c1-3-5-20-14-19-11-13-22(24(28)25(19)30-26(20)29)18-10-12-21(23(27)15-18)17-8-6-16(4-2)7-9-17/h10-13,15-17,20H,3-9,14H2,1-2H3. The van der Waals surface area contributed by atoms with Crippen molar-refractivity contribution >= 4 is 5.97 Å². The van der Waals surface area contributed by atoms with Crippen LogP contribution < -0.4 is 4.74 Å². The van der Waals surface area contributed by atoms with Gasteiger partial charge >= 0.3 is 5.97 Å². The fourth-order valence-corrected chi connectivity index (χ4v) is 5.10. The van der Waals surface area contributed by atoms with Crippen molar-refractivity contribution in [3.05, 3.63) is 53.1 Å². The average Bonchev–Trinajstić information content (AvgIpc) is 2.75. The minimum atomic E-state index is -0.577. The minimum absolute atomic E-state index is 0.00669. The Morgan fingerprint density at radius 3 is 2.47 bits per heavy atom. The molecule has 0 bridgehead atoms. The summed E-state index contributed by atoms with van der Waals surface area (Å²) in [5.41, 5.74) is 2.20. The summed E-state index contributed by atoms with van der Waals surface area (Å²) < 4.78 is 35.5. The lowest BCUT2D eigenvalue weighted by molar-refractivity contribution is -0.140. The summed E-state index contributed by atoms with van der Waals surface area (Å²) in [5, 5.41) is 0. The topological polar surface area (TPSA) is 26.3 Å². The first-order valence-corrected chi connectivity index (χ1v) is 11.3. The zero-order valence-electron chi connectivity index (χ0n) is 17.8. The van der Waals surface area contributed by atoms with Gasteiger partial charge in [0.05, 0.1) is 5.92 Å². The van der Waals surface area contributed by atoms with Crippen LogP contribution in [-0.4, -0.2) is 5.97 Å². The molecule has 1 unspecified atom stereocenters. The fraction of sp³-hybridized carbons (Fsp3) is 0.500. The summed E-state index contributed by atoms with van der Waals surface area (Å²) in [6.45, 7) is 4.23. The second-order valence-corrected chi connectivity index (χ2v) is 8.89. The van der Waals surface area contributed by atoms with Crippen LogP contribution in [0.5, 0.6) is 5.75 Å². The Labute approximate surface area is 177 Å². The first-order valence-electron chi connectivity index (χ1n) is 11.3. The van der Waals surface area contributed by atoms with E-state index in [0.29, 0.717) is 17.5 Å². The van der Waals surface area contributed by atoms with Crippen LogP contribution in [0.4, 0.5) is 8.78 Å². The van der Waals surface area contributed by atoms with Crippen LogP contribution in [0.25, 0.3) is 11.1 Å². The molecule has 1 saturated carbocycles. The Kier molecular flexibility index (Phi) is 6.21. The Balaban J connectivity index is 1.59. The predicted octanol–water partition coefficient (Wildman–Crippen LogP) is 7.19. The lowest BCUT2D eigenvalue weighted by atomic mass is 9.77. The number of hydrogen-bond acceptors (Lipinski definition) is 2. The fourth-order valence-electron chi connectivity index (χ4n) is 5.10. The van der Waals surface area contributed by atoms with Crippen LogP contribution >= 0.6 is 0 Å². The average molecular weight is 413 g/mol. The van der Waals surface area contributed by atoms with E-state index in [4.69, 9.17) is 4.74 Å². The number of ether oxygens (including phenoxy) is 1. The van der Waals surface area contributed by atoms with E-state index < -0.39 is 5.82 Å². The maximum Gasteiger partial charge on any atom is 0.314 e. The monoisotopic (exact) mass is 412 g/mol. The predicted molar refractivity (Wildman–Crippen MR) is 115 cm³/mol. The number of halogens is 2. The van der Waals surface area contributed by atoms with E-state index in [1.54, 1.807) is 18.2 Å². The molecule has 1 atom stereocenters. The van der Waals surface area contributed by atoms with Crippen LogP contribution in [0.15, 0.2) is 30.3 Å². The molecule has 2 aromatic rings. The van der Waals surface area contributed by atoms with E-state index in [9.17, 15) is 9.18 Å². The summed E-state index contributed by atoms with van der Waals surface area (Å²) >= 11 is 0. The molecule has 0 aromatic heterocycles. The molecule has 1 aliphatic carbocycles. The molecule has 2 aromatic carbocycles. The van der Waals surface area contributed by atoms with E-state index in [1.807, 2.05) is 13.0 Å². The largest absolute Gasteiger partial charge is 0.423 e. The van der Waals surface area contributed by atoms with Crippen molar-refractivity contribution in [3.63, 3.8) is 0 Å². The first-order chi connectivity index (χ1) is 14.5. The molecule has 0 spiro atoms.